The first-order valence-electron chi connectivity index (χ1n) is 7.50. The van der Waals surface area contributed by atoms with Crippen LogP contribution in [-0.2, 0) is 6.54 Å². The van der Waals surface area contributed by atoms with Crippen LogP contribution in [0.1, 0.15) is 43.9 Å². The van der Waals surface area contributed by atoms with Gasteiger partial charge in [0.2, 0.25) is 0 Å². The van der Waals surface area contributed by atoms with Gasteiger partial charge in [0.15, 0.2) is 0 Å². The van der Waals surface area contributed by atoms with Crippen molar-refractivity contribution in [3.05, 3.63) is 11.3 Å². The third kappa shape index (κ3) is 3.50. The van der Waals surface area contributed by atoms with Crippen LogP contribution in [0.3, 0.4) is 0 Å². The number of aryl methyl sites for hydroxylation is 1. The Labute approximate surface area is 116 Å². The molecule has 108 valence electrons. The van der Waals surface area contributed by atoms with E-state index in [-0.39, 0.29) is 6.61 Å². The number of hydrogen-bond donors (Lipinski definition) is 2. The van der Waals surface area contributed by atoms with Crippen LogP contribution < -0.4 is 5.32 Å². The number of nitrogens with one attached hydrogen (secondary N) is 1. The van der Waals surface area contributed by atoms with E-state index in [1.807, 2.05) is 11.6 Å². The van der Waals surface area contributed by atoms with Gasteiger partial charge < -0.3 is 10.4 Å². The highest BCUT2D eigenvalue weighted by molar-refractivity contribution is 5.46. The Morgan fingerprint density at radius 1 is 1.37 bits per heavy atom. The lowest BCUT2D eigenvalue weighted by molar-refractivity contribution is 0.269. The van der Waals surface area contributed by atoms with Gasteiger partial charge in [0, 0.05) is 12.1 Å². The van der Waals surface area contributed by atoms with E-state index in [1.54, 1.807) is 0 Å². The third-order valence-electron chi connectivity index (χ3n) is 4.34. The van der Waals surface area contributed by atoms with Crippen molar-refractivity contribution >= 4 is 5.82 Å². The Hall–Kier alpha value is -1.03. The average Bonchev–Trinajstić information content (AvgIpc) is 2.63. The molecule has 1 aliphatic rings. The maximum Gasteiger partial charge on any atom is 0.127 e. The summed E-state index contributed by atoms with van der Waals surface area (Å²) in [5.41, 5.74) is 2.25. The summed E-state index contributed by atoms with van der Waals surface area (Å²) in [4.78, 5) is 0. The quantitative estimate of drug-likeness (QED) is 0.860. The van der Waals surface area contributed by atoms with Crippen LogP contribution in [0.5, 0.6) is 0 Å². The van der Waals surface area contributed by atoms with Gasteiger partial charge in [-0.15, -0.1) is 0 Å². The lowest BCUT2D eigenvalue weighted by Gasteiger charge is -2.27. The molecular formula is C15H27N3O. The van der Waals surface area contributed by atoms with E-state index in [0.717, 1.165) is 29.9 Å². The first-order valence-corrected chi connectivity index (χ1v) is 7.50. The summed E-state index contributed by atoms with van der Waals surface area (Å²) >= 11 is 0. The fraction of sp³-hybridized carbons (Fsp3) is 0.800. The predicted octanol–water partition coefficient (Wildman–Crippen LogP) is 2.73. The van der Waals surface area contributed by atoms with Crippen molar-refractivity contribution in [2.45, 2.75) is 53.0 Å². The van der Waals surface area contributed by atoms with Gasteiger partial charge in [0.05, 0.1) is 18.8 Å². The second-order valence-electron chi connectivity index (χ2n) is 6.02. The molecular weight excluding hydrogens is 238 g/mol. The number of nitrogens with zero attached hydrogens (tertiary/aromatic N) is 2. The van der Waals surface area contributed by atoms with Gasteiger partial charge >= 0.3 is 0 Å². The first kappa shape index (κ1) is 14.4. The summed E-state index contributed by atoms with van der Waals surface area (Å²) in [6, 6.07) is 0. The first-order chi connectivity index (χ1) is 9.11. The van der Waals surface area contributed by atoms with Gasteiger partial charge in [0.25, 0.3) is 0 Å². The van der Waals surface area contributed by atoms with Gasteiger partial charge in [-0.2, -0.15) is 5.10 Å². The molecule has 0 aliphatic heterocycles. The van der Waals surface area contributed by atoms with Crippen LogP contribution in [0.15, 0.2) is 0 Å². The van der Waals surface area contributed by atoms with Gasteiger partial charge in [0.1, 0.15) is 5.82 Å². The minimum Gasteiger partial charge on any atom is -0.394 e. The molecule has 1 saturated carbocycles. The molecule has 1 aromatic heterocycles. The van der Waals surface area contributed by atoms with Crippen molar-refractivity contribution in [1.82, 2.24) is 9.78 Å². The highest BCUT2D eigenvalue weighted by atomic mass is 16.3. The molecule has 19 heavy (non-hydrogen) atoms. The fourth-order valence-corrected chi connectivity index (χ4v) is 3.14. The fourth-order valence-electron chi connectivity index (χ4n) is 3.14. The van der Waals surface area contributed by atoms with Gasteiger partial charge in [-0.25, -0.2) is 4.68 Å². The maximum absolute atomic E-state index is 9.11. The molecule has 2 atom stereocenters. The van der Waals surface area contributed by atoms with Crippen molar-refractivity contribution in [2.75, 3.05) is 18.5 Å². The zero-order valence-corrected chi connectivity index (χ0v) is 12.4. The highest BCUT2D eigenvalue weighted by Gasteiger charge is 2.19. The van der Waals surface area contributed by atoms with E-state index in [9.17, 15) is 0 Å². The minimum absolute atomic E-state index is 0.135. The van der Waals surface area contributed by atoms with E-state index in [1.165, 1.54) is 31.2 Å². The topological polar surface area (TPSA) is 50.1 Å². The van der Waals surface area contributed by atoms with E-state index >= 15 is 0 Å². The second-order valence-corrected chi connectivity index (χ2v) is 6.02. The molecule has 2 unspecified atom stereocenters. The van der Waals surface area contributed by atoms with Crippen LogP contribution in [-0.4, -0.2) is 28.0 Å². The molecule has 0 radical (unpaired) electrons. The molecule has 1 heterocycles. The molecule has 4 nitrogen and oxygen atoms in total. The van der Waals surface area contributed by atoms with Crippen LogP contribution in [0.4, 0.5) is 5.82 Å². The van der Waals surface area contributed by atoms with Gasteiger partial charge in [-0.05, 0) is 38.5 Å². The molecule has 2 rings (SSSR count). The number of anilines is 1. The molecule has 0 saturated heterocycles. The molecule has 4 heteroatoms. The maximum atomic E-state index is 9.11. The summed E-state index contributed by atoms with van der Waals surface area (Å²) in [6.45, 7) is 8.21. The zero-order valence-electron chi connectivity index (χ0n) is 12.4. The number of aliphatic hydroxyl groups excluding tert-OH is 1. The molecule has 0 amide bonds. The molecule has 1 aliphatic carbocycles. The molecule has 0 aromatic carbocycles. The van der Waals surface area contributed by atoms with E-state index in [0.29, 0.717) is 6.54 Å². The van der Waals surface area contributed by atoms with Crippen molar-refractivity contribution in [1.29, 1.82) is 0 Å². The largest absolute Gasteiger partial charge is 0.394 e. The SMILES string of the molecule is Cc1nn(CCO)c(NCC2CCCC(C)C2)c1C. The Bertz CT molecular complexity index is 414. The lowest BCUT2D eigenvalue weighted by atomic mass is 9.82. The molecule has 0 spiro atoms. The zero-order chi connectivity index (χ0) is 13.8. The van der Waals surface area contributed by atoms with Gasteiger partial charge in [-0.1, -0.05) is 19.8 Å². The van der Waals surface area contributed by atoms with E-state index in [2.05, 4.69) is 24.3 Å². The van der Waals surface area contributed by atoms with Crippen molar-refractivity contribution in [2.24, 2.45) is 11.8 Å². The van der Waals surface area contributed by atoms with Crippen LogP contribution in [0, 0.1) is 25.7 Å². The van der Waals surface area contributed by atoms with Crippen LogP contribution in [0.25, 0.3) is 0 Å². The predicted molar refractivity (Wildman–Crippen MR) is 78.4 cm³/mol. The van der Waals surface area contributed by atoms with Gasteiger partial charge in [-0.3, -0.25) is 0 Å². The standard InChI is InChI=1S/C15H27N3O/c1-11-5-4-6-14(9-11)10-16-15-12(2)13(3)17-18(15)7-8-19/h11,14,16,19H,4-10H2,1-3H3. The Morgan fingerprint density at radius 2 is 2.16 bits per heavy atom. The molecule has 1 fully saturated rings. The summed E-state index contributed by atoms with van der Waals surface area (Å²) in [7, 11) is 0. The average molecular weight is 265 g/mol. The van der Waals surface area contributed by atoms with Crippen LogP contribution >= 0.6 is 0 Å². The lowest BCUT2D eigenvalue weighted by Crippen LogP contribution is -2.22. The third-order valence-corrected chi connectivity index (χ3v) is 4.34. The van der Waals surface area contributed by atoms with Crippen molar-refractivity contribution < 1.29 is 5.11 Å². The summed E-state index contributed by atoms with van der Waals surface area (Å²) in [5.74, 6) is 2.73. The Balaban J connectivity index is 1.98. The Morgan fingerprint density at radius 3 is 2.84 bits per heavy atom. The van der Waals surface area contributed by atoms with Crippen LogP contribution in [0.2, 0.25) is 0 Å². The monoisotopic (exact) mass is 265 g/mol. The summed E-state index contributed by atoms with van der Waals surface area (Å²) in [5, 5.41) is 17.1. The Kier molecular flexibility index (Phi) is 4.86. The van der Waals surface area contributed by atoms with E-state index < -0.39 is 0 Å². The number of aromatic nitrogens is 2. The smallest absolute Gasteiger partial charge is 0.127 e. The normalized spacial score (nSPS) is 23.6. The molecule has 2 N–H and O–H groups in total. The second kappa shape index (κ2) is 6.42. The summed E-state index contributed by atoms with van der Waals surface area (Å²) < 4.78 is 1.90. The molecule has 0 bridgehead atoms. The highest BCUT2D eigenvalue weighted by Crippen LogP contribution is 2.29. The number of rotatable bonds is 5. The van der Waals surface area contributed by atoms with Crippen molar-refractivity contribution in [3.63, 3.8) is 0 Å². The van der Waals surface area contributed by atoms with E-state index in [4.69, 9.17) is 5.11 Å². The number of hydrogen-bond acceptors (Lipinski definition) is 3. The minimum atomic E-state index is 0.135. The summed E-state index contributed by atoms with van der Waals surface area (Å²) in [6.07, 6.45) is 5.42. The molecule has 1 aromatic rings. The van der Waals surface area contributed by atoms with Crippen molar-refractivity contribution in [3.8, 4) is 0 Å². The number of aliphatic hydroxyl groups is 1.